The maximum Gasteiger partial charge on any atom is 0.0536 e. The van der Waals surface area contributed by atoms with Crippen molar-refractivity contribution in [3.8, 4) is 0 Å². The van der Waals surface area contributed by atoms with Gasteiger partial charge in [0.15, 0.2) is 0 Å². The van der Waals surface area contributed by atoms with Crippen LogP contribution >= 0.6 is 36.6 Å². The smallest absolute Gasteiger partial charge is 0.0536 e. The fourth-order valence-corrected chi connectivity index (χ4v) is 3.82. The van der Waals surface area contributed by atoms with Gasteiger partial charge in [-0.3, -0.25) is 0 Å². The Kier molecular flexibility index (Phi) is 2.70. The predicted molar refractivity (Wildman–Crippen MR) is 78.6 cm³/mol. The second-order valence-electron chi connectivity index (χ2n) is 3.92. The minimum absolute atomic E-state index is 0.406. The van der Waals surface area contributed by atoms with Crippen LogP contribution in [0.25, 0.3) is 11.0 Å². The van der Waals surface area contributed by atoms with Crippen molar-refractivity contribution in [1.29, 1.82) is 0 Å². The summed E-state index contributed by atoms with van der Waals surface area (Å²) in [6.07, 6.45) is 5.32. The normalized spacial score (nSPS) is 22.4. The van der Waals surface area contributed by atoms with Crippen molar-refractivity contribution in [2.45, 2.75) is 16.6 Å². The van der Waals surface area contributed by atoms with E-state index in [0.717, 1.165) is 16.2 Å². The minimum Gasteiger partial charge on any atom is -0.143 e. The average Bonchev–Trinajstić information content (AvgIpc) is 2.28. The van der Waals surface area contributed by atoms with Crippen LogP contribution in [-0.2, 0) is 0 Å². The zero-order valence-corrected chi connectivity index (χ0v) is 11.0. The first-order valence-corrected chi connectivity index (χ1v) is 6.94. The Morgan fingerprint density at radius 1 is 1.38 bits per heavy atom. The van der Waals surface area contributed by atoms with E-state index in [4.69, 9.17) is 12.2 Å². The van der Waals surface area contributed by atoms with Crippen LogP contribution in [0.15, 0.2) is 35.2 Å². The lowest BCUT2D eigenvalue weighted by atomic mass is 9.97. The second-order valence-corrected chi connectivity index (χ2v) is 5.94. The molecule has 0 saturated carbocycles. The highest BCUT2D eigenvalue weighted by Crippen LogP contribution is 2.29. The van der Waals surface area contributed by atoms with Crippen LogP contribution in [0.2, 0.25) is 0 Å². The third-order valence-corrected chi connectivity index (χ3v) is 4.61. The van der Waals surface area contributed by atoms with Crippen molar-refractivity contribution in [2.75, 3.05) is 0 Å². The van der Waals surface area contributed by atoms with Gasteiger partial charge in [0.2, 0.25) is 0 Å². The van der Waals surface area contributed by atoms with Gasteiger partial charge in [0, 0.05) is 16.2 Å². The molecule has 1 heterocycles. The molecule has 0 radical (unpaired) electrons. The number of benzene rings is 1. The second kappa shape index (κ2) is 4.06. The monoisotopic (exact) mass is 262 g/mol. The molecule has 80 valence electrons. The average molecular weight is 262 g/mol. The molecular weight excluding hydrogens is 252 g/mol. The summed E-state index contributed by atoms with van der Waals surface area (Å²) in [4.78, 5) is 2.08. The number of fused-ring (bicyclic) bond motifs is 2. The molecule has 0 saturated heterocycles. The van der Waals surface area contributed by atoms with Crippen LogP contribution in [0.5, 0.6) is 0 Å². The lowest BCUT2D eigenvalue weighted by Crippen LogP contribution is -2.36. The topological polar surface area (TPSA) is 0 Å². The molecule has 1 aromatic carbocycles. The highest BCUT2D eigenvalue weighted by atomic mass is 32.2. The molecule has 1 aliphatic carbocycles. The maximum absolute atomic E-state index is 5.48. The summed E-state index contributed by atoms with van der Waals surface area (Å²) in [6.45, 7) is 0. The molecule has 0 spiro atoms. The first kappa shape index (κ1) is 10.6. The third kappa shape index (κ3) is 1.67. The zero-order valence-electron chi connectivity index (χ0n) is 8.51. The molecule has 3 rings (SSSR count). The summed E-state index contributed by atoms with van der Waals surface area (Å²) in [5, 5.41) is 5.16. The molecule has 16 heavy (non-hydrogen) atoms. The summed E-state index contributed by atoms with van der Waals surface area (Å²) in [7, 11) is 0. The Balaban J connectivity index is 2.41. The molecular formula is C13H10S3. The SMILES string of the molecule is S=C1CC=CC2SC=c3ccc(S)cc3=C12. The number of hydrogen-bond acceptors (Lipinski definition) is 3. The summed E-state index contributed by atoms with van der Waals surface area (Å²) in [6, 6.07) is 6.28. The molecule has 1 unspecified atom stereocenters. The largest absolute Gasteiger partial charge is 0.143 e. The molecule has 0 N–H and O–H groups in total. The number of allylic oxidation sites excluding steroid dienone is 1. The van der Waals surface area contributed by atoms with Gasteiger partial charge in [-0.2, -0.15) is 0 Å². The van der Waals surface area contributed by atoms with E-state index in [1.807, 2.05) is 17.8 Å². The lowest BCUT2D eigenvalue weighted by Gasteiger charge is -2.23. The van der Waals surface area contributed by atoms with Gasteiger partial charge in [-0.05, 0) is 33.6 Å². The van der Waals surface area contributed by atoms with Crippen molar-refractivity contribution >= 4 is 52.5 Å². The van der Waals surface area contributed by atoms with Gasteiger partial charge in [-0.1, -0.05) is 30.4 Å². The van der Waals surface area contributed by atoms with E-state index in [1.165, 1.54) is 16.0 Å². The van der Waals surface area contributed by atoms with Crippen molar-refractivity contribution in [3.05, 3.63) is 40.8 Å². The highest BCUT2D eigenvalue weighted by Gasteiger charge is 2.21. The van der Waals surface area contributed by atoms with Crippen LogP contribution < -0.4 is 10.4 Å². The van der Waals surface area contributed by atoms with Gasteiger partial charge < -0.3 is 0 Å². The van der Waals surface area contributed by atoms with Gasteiger partial charge in [0.05, 0.1) is 5.25 Å². The van der Waals surface area contributed by atoms with Crippen molar-refractivity contribution in [3.63, 3.8) is 0 Å². The standard InChI is InChI=1S/C13H10S3/c14-9-5-4-8-7-16-12-3-1-2-11(15)13(12)10(8)6-9/h1,3-7,12,14H,2H2. The molecule has 1 atom stereocenters. The van der Waals surface area contributed by atoms with E-state index in [-0.39, 0.29) is 0 Å². The summed E-state index contributed by atoms with van der Waals surface area (Å²) in [5.41, 5.74) is 1.32. The van der Waals surface area contributed by atoms with E-state index >= 15 is 0 Å². The fraction of sp³-hybridized carbons (Fsp3) is 0.154. The van der Waals surface area contributed by atoms with E-state index in [1.54, 1.807) is 0 Å². The summed E-state index contributed by atoms with van der Waals surface area (Å²) >= 11 is 11.7. The first-order valence-electron chi connectivity index (χ1n) is 5.14. The van der Waals surface area contributed by atoms with Gasteiger partial charge >= 0.3 is 0 Å². The number of thioether (sulfide) groups is 1. The first-order chi connectivity index (χ1) is 7.75. The van der Waals surface area contributed by atoms with Crippen molar-refractivity contribution in [2.24, 2.45) is 0 Å². The van der Waals surface area contributed by atoms with Crippen LogP contribution in [0.1, 0.15) is 6.42 Å². The van der Waals surface area contributed by atoms with Crippen molar-refractivity contribution in [1.82, 2.24) is 0 Å². The molecule has 2 aliphatic rings. The van der Waals surface area contributed by atoms with Crippen molar-refractivity contribution < 1.29 is 0 Å². The molecule has 0 aromatic heterocycles. The number of thiol groups is 1. The van der Waals surface area contributed by atoms with E-state index < -0.39 is 0 Å². The molecule has 1 aromatic rings. The summed E-state index contributed by atoms with van der Waals surface area (Å²) < 4.78 is 0. The quantitative estimate of drug-likeness (QED) is 0.433. The number of hydrogen-bond donors (Lipinski definition) is 1. The van der Waals surface area contributed by atoms with E-state index in [9.17, 15) is 0 Å². The zero-order chi connectivity index (χ0) is 11.1. The van der Waals surface area contributed by atoms with E-state index in [2.05, 4.69) is 42.3 Å². The van der Waals surface area contributed by atoms with Crippen LogP contribution in [-0.4, -0.2) is 10.1 Å². The molecule has 0 fully saturated rings. The van der Waals surface area contributed by atoms with Crippen LogP contribution in [0.4, 0.5) is 0 Å². The fourth-order valence-electron chi connectivity index (χ4n) is 2.11. The Hall–Kier alpha value is -0.510. The molecule has 0 bridgehead atoms. The number of rotatable bonds is 0. The summed E-state index contributed by atoms with van der Waals surface area (Å²) in [5.74, 6) is 0. The van der Waals surface area contributed by atoms with Crippen LogP contribution in [0, 0.1) is 0 Å². The maximum atomic E-state index is 5.48. The van der Waals surface area contributed by atoms with Gasteiger partial charge in [0.25, 0.3) is 0 Å². The Morgan fingerprint density at radius 3 is 3.12 bits per heavy atom. The van der Waals surface area contributed by atoms with Gasteiger partial charge in [-0.15, -0.1) is 24.4 Å². The third-order valence-electron chi connectivity index (χ3n) is 2.87. The Labute approximate surface area is 110 Å². The molecule has 1 aliphatic heterocycles. The van der Waals surface area contributed by atoms with E-state index in [0.29, 0.717) is 5.25 Å². The van der Waals surface area contributed by atoms with Gasteiger partial charge in [-0.25, -0.2) is 0 Å². The minimum atomic E-state index is 0.406. The molecule has 0 amide bonds. The lowest BCUT2D eigenvalue weighted by molar-refractivity contribution is 1.29. The Morgan fingerprint density at radius 2 is 2.25 bits per heavy atom. The predicted octanol–water partition coefficient (Wildman–Crippen LogP) is 2.31. The Bertz CT molecular complexity index is 611. The molecule has 0 nitrogen and oxygen atoms in total. The van der Waals surface area contributed by atoms with Crippen LogP contribution in [0.3, 0.4) is 0 Å². The van der Waals surface area contributed by atoms with Gasteiger partial charge in [0.1, 0.15) is 0 Å². The number of thiocarbonyl (C=S) groups is 1. The molecule has 3 heteroatoms. The highest BCUT2D eigenvalue weighted by molar-refractivity contribution is 8.07.